The molecule has 0 unspecified atom stereocenters. The van der Waals surface area contributed by atoms with Gasteiger partial charge in [-0.05, 0) is 83.8 Å². The summed E-state index contributed by atoms with van der Waals surface area (Å²) in [5.74, 6) is -1.57. The van der Waals surface area contributed by atoms with E-state index in [2.05, 4.69) is 0 Å². The third-order valence-electron chi connectivity index (χ3n) is 6.04. The zero-order valence-electron chi connectivity index (χ0n) is 21.3. The summed E-state index contributed by atoms with van der Waals surface area (Å²) in [6.45, 7) is 10.3. The zero-order valence-corrected chi connectivity index (χ0v) is 21.3. The Morgan fingerprint density at radius 3 is 2.11 bits per heavy atom. The maximum Gasteiger partial charge on any atom is 0.336 e. The second-order valence-corrected chi connectivity index (χ2v) is 10.3. The number of carboxylic acids is 2. The van der Waals surface area contributed by atoms with Crippen LogP contribution in [0.25, 0.3) is 0 Å². The topological polar surface area (TPSA) is 101 Å². The van der Waals surface area contributed by atoms with Gasteiger partial charge in [-0.3, -0.25) is 4.79 Å². The van der Waals surface area contributed by atoms with Crippen molar-refractivity contribution in [2.45, 2.75) is 54.1 Å². The zero-order chi connectivity index (χ0) is 26.6. The Hall–Kier alpha value is -3.93. The number of carboxylic acid groups (broad SMARTS) is 2. The lowest BCUT2D eigenvalue weighted by Gasteiger charge is -2.18. The Balaban J connectivity index is 1.84. The van der Waals surface area contributed by atoms with Gasteiger partial charge in [-0.1, -0.05) is 45.0 Å². The summed E-state index contributed by atoms with van der Waals surface area (Å²) in [6.07, 6.45) is 0.784. The lowest BCUT2D eigenvalue weighted by atomic mass is 9.87. The van der Waals surface area contributed by atoms with E-state index in [9.17, 15) is 24.6 Å². The molecule has 3 aromatic carbocycles. The molecule has 3 aromatic rings. The van der Waals surface area contributed by atoms with Crippen LogP contribution in [0.4, 0.5) is 0 Å². The average Bonchev–Trinajstić information content (AvgIpc) is 2.78. The first kappa shape index (κ1) is 26.7. The fraction of sp³-hybridized carbons (Fsp3) is 0.300. The number of rotatable bonds is 9. The minimum absolute atomic E-state index is 0.0327. The number of Topliss-reactive ketones (excluding diaryl/α,β-unsaturated/α-hetero) is 1. The lowest BCUT2D eigenvalue weighted by molar-refractivity contribution is 0.0695. The molecule has 0 saturated heterocycles. The number of aromatic carboxylic acids is 2. The van der Waals surface area contributed by atoms with E-state index >= 15 is 0 Å². The number of hydrogen-bond donors (Lipinski definition) is 2. The molecule has 0 spiro atoms. The Morgan fingerprint density at radius 2 is 1.50 bits per heavy atom. The van der Waals surface area contributed by atoms with Crippen molar-refractivity contribution in [2.24, 2.45) is 5.41 Å². The summed E-state index contributed by atoms with van der Waals surface area (Å²) >= 11 is 0. The van der Waals surface area contributed by atoms with Crippen molar-refractivity contribution in [3.63, 3.8) is 0 Å². The Bertz CT molecular complexity index is 1310. The van der Waals surface area contributed by atoms with Crippen LogP contribution in [0, 0.1) is 19.3 Å². The second kappa shape index (κ2) is 10.8. The van der Waals surface area contributed by atoms with Crippen LogP contribution >= 0.6 is 0 Å². The van der Waals surface area contributed by atoms with Gasteiger partial charge in [-0.15, -0.1) is 0 Å². The van der Waals surface area contributed by atoms with Crippen LogP contribution in [0.1, 0.15) is 86.1 Å². The summed E-state index contributed by atoms with van der Waals surface area (Å²) in [5, 5.41) is 18.9. The maximum absolute atomic E-state index is 12.6. The van der Waals surface area contributed by atoms with Gasteiger partial charge >= 0.3 is 11.9 Å². The standard InChI is InChI=1S/C30H32O6/c1-18-7-6-8-20(14-21-9-10-23(28(32)33)15-24(21)29(34)35)25(18)17-36-27-12-11-22(13-19(27)2)26(31)16-30(3,4)5/h6-13,15H,14,16-17H2,1-5H3,(H,32,33)(H,34,35). The molecule has 0 aromatic heterocycles. The van der Waals surface area contributed by atoms with Crippen molar-refractivity contribution >= 4 is 17.7 Å². The average molecular weight is 489 g/mol. The highest BCUT2D eigenvalue weighted by molar-refractivity contribution is 5.97. The first-order valence-corrected chi connectivity index (χ1v) is 11.8. The van der Waals surface area contributed by atoms with E-state index in [1.54, 1.807) is 12.1 Å². The van der Waals surface area contributed by atoms with Crippen molar-refractivity contribution < 1.29 is 29.3 Å². The minimum atomic E-state index is -1.17. The van der Waals surface area contributed by atoms with Crippen LogP contribution in [0.2, 0.25) is 0 Å². The quantitative estimate of drug-likeness (QED) is 0.334. The molecule has 0 amide bonds. The van der Waals surface area contributed by atoms with Gasteiger partial charge in [-0.2, -0.15) is 0 Å². The van der Waals surface area contributed by atoms with Gasteiger partial charge in [0.15, 0.2) is 5.78 Å². The molecule has 0 fully saturated rings. The monoisotopic (exact) mass is 488 g/mol. The maximum atomic E-state index is 12.6. The Morgan fingerprint density at radius 1 is 0.806 bits per heavy atom. The Labute approximate surface area is 211 Å². The molecule has 6 heteroatoms. The van der Waals surface area contributed by atoms with Gasteiger partial charge in [0.2, 0.25) is 0 Å². The van der Waals surface area contributed by atoms with E-state index in [4.69, 9.17) is 4.74 Å². The molecule has 0 atom stereocenters. The van der Waals surface area contributed by atoms with Gasteiger partial charge in [0.25, 0.3) is 0 Å². The molecule has 3 rings (SSSR count). The Kier molecular flexibility index (Phi) is 7.98. The van der Waals surface area contributed by atoms with Crippen molar-refractivity contribution in [1.82, 2.24) is 0 Å². The molecule has 0 aliphatic rings. The first-order valence-electron chi connectivity index (χ1n) is 11.8. The van der Waals surface area contributed by atoms with Crippen LogP contribution in [0.3, 0.4) is 0 Å². The molecule has 0 radical (unpaired) electrons. The van der Waals surface area contributed by atoms with Gasteiger partial charge in [0, 0.05) is 12.0 Å². The van der Waals surface area contributed by atoms with Crippen LogP contribution in [-0.4, -0.2) is 27.9 Å². The molecule has 6 nitrogen and oxygen atoms in total. The highest BCUT2D eigenvalue weighted by Crippen LogP contribution is 2.27. The second-order valence-electron chi connectivity index (χ2n) is 10.3. The lowest BCUT2D eigenvalue weighted by Crippen LogP contribution is -2.13. The van der Waals surface area contributed by atoms with Crippen molar-refractivity contribution in [1.29, 1.82) is 0 Å². The van der Waals surface area contributed by atoms with Gasteiger partial charge in [0.1, 0.15) is 12.4 Å². The van der Waals surface area contributed by atoms with E-state index in [1.165, 1.54) is 12.1 Å². The molecule has 0 bridgehead atoms. The van der Waals surface area contributed by atoms with E-state index in [1.807, 2.05) is 65.0 Å². The molecular weight excluding hydrogens is 456 g/mol. The first-order chi connectivity index (χ1) is 16.9. The van der Waals surface area contributed by atoms with Gasteiger partial charge < -0.3 is 14.9 Å². The van der Waals surface area contributed by atoms with Gasteiger partial charge in [-0.25, -0.2) is 9.59 Å². The number of ketones is 1. The highest BCUT2D eigenvalue weighted by atomic mass is 16.5. The minimum Gasteiger partial charge on any atom is -0.489 e. The predicted octanol–water partition coefficient (Wildman–Crippen LogP) is 6.49. The third-order valence-corrected chi connectivity index (χ3v) is 6.04. The number of carbonyl (C=O) groups is 3. The molecule has 0 saturated carbocycles. The van der Waals surface area contributed by atoms with Crippen molar-refractivity contribution in [2.75, 3.05) is 0 Å². The predicted molar refractivity (Wildman–Crippen MR) is 138 cm³/mol. The SMILES string of the molecule is Cc1cc(C(=O)CC(C)(C)C)ccc1OCc1c(C)cccc1Cc1ccc(C(=O)O)cc1C(=O)O. The molecule has 0 aliphatic heterocycles. The number of aryl methyl sites for hydroxylation is 2. The number of ether oxygens (including phenoxy) is 1. The smallest absolute Gasteiger partial charge is 0.336 e. The van der Waals surface area contributed by atoms with Crippen molar-refractivity contribution in [3.05, 3.63) is 99.1 Å². The fourth-order valence-corrected chi connectivity index (χ4v) is 4.12. The van der Waals surface area contributed by atoms with Crippen LogP contribution in [0.5, 0.6) is 5.75 Å². The molecule has 188 valence electrons. The third kappa shape index (κ3) is 6.60. The fourth-order valence-electron chi connectivity index (χ4n) is 4.12. The molecule has 2 N–H and O–H groups in total. The normalized spacial score (nSPS) is 11.2. The molecular formula is C30H32O6. The largest absolute Gasteiger partial charge is 0.489 e. The van der Waals surface area contributed by atoms with E-state index < -0.39 is 11.9 Å². The number of benzene rings is 3. The van der Waals surface area contributed by atoms with E-state index in [0.717, 1.165) is 22.3 Å². The molecule has 0 aliphatic carbocycles. The van der Waals surface area contributed by atoms with E-state index in [0.29, 0.717) is 29.7 Å². The summed E-state index contributed by atoms with van der Waals surface area (Å²) < 4.78 is 6.14. The van der Waals surface area contributed by atoms with Gasteiger partial charge in [0.05, 0.1) is 11.1 Å². The van der Waals surface area contributed by atoms with E-state index in [-0.39, 0.29) is 28.9 Å². The highest BCUT2D eigenvalue weighted by Gasteiger charge is 2.19. The summed E-state index contributed by atoms with van der Waals surface area (Å²) in [7, 11) is 0. The number of carbonyl (C=O) groups excluding carboxylic acids is 1. The van der Waals surface area contributed by atoms with Crippen LogP contribution < -0.4 is 4.74 Å². The summed E-state index contributed by atoms with van der Waals surface area (Å²) in [4.78, 5) is 35.7. The van der Waals surface area contributed by atoms with Crippen LogP contribution in [0.15, 0.2) is 54.6 Å². The summed E-state index contributed by atoms with van der Waals surface area (Å²) in [5.41, 5.74) is 4.70. The van der Waals surface area contributed by atoms with Crippen molar-refractivity contribution in [3.8, 4) is 5.75 Å². The molecule has 36 heavy (non-hydrogen) atoms. The molecule has 0 heterocycles. The number of hydrogen-bond acceptors (Lipinski definition) is 4. The van der Waals surface area contributed by atoms with Crippen LogP contribution in [-0.2, 0) is 13.0 Å². The summed E-state index contributed by atoms with van der Waals surface area (Å²) in [6, 6.07) is 15.4.